The average molecular weight is 383 g/mol. The fraction of sp³-hybridized carbons (Fsp3) is 0.435. The fourth-order valence-electron chi connectivity index (χ4n) is 3.08. The smallest absolute Gasteiger partial charge is 0.255 e. The minimum Gasteiger partial charge on any atom is -0.494 e. The molecule has 1 aliphatic rings. The van der Waals surface area contributed by atoms with Gasteiger partial charge >= 0.3 is 0 Å². The summed E-state index contributed by atoms with van der Waals surface area (Å²) in [6.45, 7) is 4.22. The molecule has 1 heterocycles. The molecule has 1 fully saturated rings. The molecule has 0 saturated carbocycles. The van der Waals surface area contributed by atoms with Crippen molar-refractivity contribution in [3.63, 3.8) is 0 Å². The standard InChI is InChI=1S/C23H29NO4/c1-2-3-4-14-26-20-12-10-18(11-13-20)23(25)24-19-7-5-8-21(16-19)28-17-22-9-6-15-27-22/h5,7-8,10-13,16,22H,2-4,6,9,14-15,17H2,1H3,(H,24,25). The average Bonchev–Trinajstić information content (AvgIpc) is 3.24. The van der Waals surface area contributed by atoms with Gasteiger partial charge in [-0.15, -0.1) is 0 Å². The van der Waals surface area contributed by atoms with Gasteiger partial charge < -0.3 is 19.5 Å². The zero-order valence-electron chi connectivity index (χ0n) is 16.5. The Labute approximate surface area is 167 Å². The second-order valence-corrected chi connectivity index (χ2v) is 7.01. The summed E-state index contributed by atoms with van der Waals surface area (Å²) in [6, 6.07) is 14.7. The largest absolute Gasteiger partial charge is 0.494 e. The van der Waals surface area contributed by atoms with Crippen LogP contribution in [0.3, 0.4) is 0 Å². The van der Waals surface area contributed by atoms with E-state index in [-0.39, 0.29) is 12.0 Å². The molecule has 2 aromatic carbocycles. The molecule has 0 bridgehead atoms. The number of benzene rings is 2. The SMILES string of the molecule is CCCCCOc1ccc(C(=O)Nc2cccc(OCC3CCCO3)c2)cc1. The Morgan fingerprint density at radius 1 is 1.11 bits per heavy atom. The molecule has 150 valence electrons. The zero-order chi connectivity index (χ0) is 19.6. The van der Waals surface area contributed by atoms with Gasteiger partial charge in [0.1, 0.15) is 18.1 Å². The lowest BCUT2D eigenvalue weighted by atomic mass is 10.2. The first-order valence-corrected chi connectivity index (χ1v) is 10.1. The summed E-state index contributed by atoms with van der Waals surface area (Å²) in [4.78, 5) is 12.5. The summed E-state index contributed by atoms with van der Waals surface area (Å²) < 4.78 is 17.1. The highest BCUT2D eigenvalue weighted by Crippen LogP contribution is 2.21. The topological polar surface area (TPSA) is 56.8 Å². The van der Waals surface area contributed by atoms with Crippen molar-refractivity contribution in [2.75, 3.05) is 25.1 Å². The third-order valence-corrected chi connectivity index (χ3v) is 4.68. The number of unbranched alkanes of at least 4 members (excludes halogenated alkanes) is 2. The first-order valence-electron chi connectivity index (χ1n) is 10.1. The van der Waals surface area contributed by atoms with Crippen LogP contribution < -0.4 is 14.8 Å². The molecule has 0 aliphatic carbocycles. The highest BCUT2D eigenvalue weighted by atomic mass is 16.5. The van der Waals surface area contributed by atoms with Crippen LogP contribution in [-0.2, 0) is 4.74 Å². The van der Waals surface area contributed by atoms with Crippen molar-refractivity contribution < 1.29 is 19.0 Å². The quantitative estimate of drug-likeness (QED) is 0.582. The second-order valence-electron chi connectivity index (χ2n) is 7.01. The predicted octanol–water partition coefficient (Wildman–Crippen LogP) is 5.07. The highest BCUT2D eigenvalue weighted by molar-refractivity contribution is 6.04. The van der Waals surface area contributed by atoms with E-state index in [2.05, 4.69) is 12.2 Å². The monoisotopic (exact) mass is 383 g/mol. The third-order valence-electron chi connectivity index (χ3n) is 4.68. The molecule has 1 aliphatic heterocycles. The van der Waals surface area contributed by atoms with E-state index < -0.39 is 0 Å². The Morgan fingerprint density at radius 2 is 1.96 bits per heavy atom. The van der Waals surface area contributed by atoms with Crippen LogP contribution in [0.5, 0.6) is 11.5 Å². The Hall–Kier alpha value is -2.53. The molecule has 0 spiro atoms. The van der Waals surface area contributed by atoms with Crippen LogP contribution >= 0.6 is 0 Å². The molecule has 0 radical (unpaired) electrons. The maximum absolute atomic E-state index is 12.5. The van der Waals surface area contributed by atoms with E-state index in [0.29, 0.717) is 24.5 Å². The number of anilines is 1. The first-order chi connectivity index (χ1) is 13.7. The van der Waals surface area contributed by atoms with Gasteiger partial charge in [-0.2, -0.15) is 0 Å². The van der Waals surface area contributed by atoms with Gasteiger partial charge in [0.05, 0.1) is 12.7 Å². The minimum atomic E-state index is -0.159. The molecule has 1 saturated heterocycles. The van der Waals surface area contributed by atoms with E-state index in [1.165, 1.54) is 6.42 Å². The predicted molar refractivity (Wildman–Crippen MR) is 110 cm³/mol. The highest BCUT2D eigenvalue weighted by Gasteiger charge is 2.16. The minimum absolute atomic E-state index is 0.159. The van der Waals surface area contributed by atoms with E-state index >= 15 is 0 Å². The number of nitrogens with one attached hydrogen (secondary N) is 1. The summed E-state index contributed by atoms with van der Waals surface area (Å²) in [7, 11) is 0. The Bertz CT molecular complexity index is 739. The molecule has 1 amide bonds. The van der Waals surface area contributed by atoms with Crippen LogP contribution in [0.4, 0.5) is 5.69 Å². The van der Waals surface area contributed by atoms with E-state index in [1.807, 2.05) is 36.4 Å². The summed E-state index contributed by atoms with van der Waals surface area (Å²) in [5.41, 5.74) is 1.29. The van der Waals surface area contributed by atoms with Crippen molar-refractivity contribution in [1.29, 1.82) is 0 Å². The first kappa shape index (κ1) is 20.2. The molecule has 1 N–H and O–H groups in total. The number of carbonyl (C=O) groups is 1. The van der Waals surface area contributed by atoms with Gasteiger partial charge in [-0.25, -0.2) is 0 Å². The molecule has 5 nitrogen and oxygen atoms in total. The lowest BCUT2D eigenvalue weighted by Gasteiger charge is -2.13. The molecule has 2 aromatic rings. The van der Waals surface area contributed by atoms with Crippen LogP contribution in [-0.4, -0.2) is 31.8 Å². The normalized spacial score (nSPS) is 16.0. The van der Waals surface area contributed by atoms with Gasteiger partial charge in [0.2, 0.25) is 0 Å². The van der Waals surface area contributed by atoms with Gasteiger partial charge in [0.15, 0.2) is 0 Å². The lowest BCUT2D eigenvalue weighted by molar-refractivity contribution is 0.0680. The number of rotatable bonds is 10. The van der Waals surface area contributed by atoms with E-state index in [1.54, 1.807) is 12.1 Å². The molecule has 28 heavy (non-hydrogen) atoms. The summed E-state index contributed by atoms with van der Waals surface area (Å²) in [5, 5.41) is 2.91. The van der Waals surface area contributed by atoms with Crippen molar-refractivity contribution in [3.8, 4) is 11.5 Å². The fourth-order valence-corrected chi connectivity index (χ4v) is 3.08. The van der Waals surface area contributed by atoms with Crippen LogP contribution in [0.25, 0.3) is 0 Å². The van der Waals surface area contributed by atoms with Crippen molar-refractivity contribution in [3.05, 3.63) is 54.1 Å². The van der Waals surface area contributed by atoms with Gasteiger partial charge in [-0.05, 0) is 55.7 Å². The lowest BCUT2D eigenvalue weighted by Crippen LogP contribution is -2.16. The molecule has 0 aromatic heterocycles. The molecule has 5 heteroatoms. The number of ether oxygens (including phenoxy) is 3. The number of hydrogen-bond donors (Lipinski definition) is 1. The molecule has 1 unspecified atom stereocenters. The Kier molecular flexibility index (Phi) is 7.73. The molecular weight excluding hydrogens is 354 g/mol. The summed E-state index contributed by atoms with van der Waals surface area (Å²) in [5.74, 6) is 1.36. The molecule has 3 rings (SSSR count). The van der Waals surface area contributed by atoms with E-state index in [0.717, 1.165) is 43.8 Å². The third kappa shape index (κ3) is 6.27. The Morgan fingerprint density at radius 3 is 2.71 bits per heavy atom. The van der Waals surface area contributed by atoms with E-state index in [9.17, 15) is 4.79 Å². The van der Waals surface area contributed by atoms with Crippen molar-refractivity contribution in [1.82, 2.24) is 0 Å². The number of hydrogen-bond acceptors (Lipinski definition) is 4. The Balaban J connectivity index is 1.50. The van der Waals surface area contributed by atoms with Crippen molar-refractivity contribution >= 4 is 11.6 Å². The van der Waals surface area contributed by atoms with Gasteiger partial charge in [-0.1, -0.05) is 25.8 Å². The maximum atomic E-state index is 12.5. The molecule has 1 atom stereocenters. The molecular formula is C23H29NO4. The van der Waals surface area contributed by atoms with Gasteiger partial charge in [0, 0.05) is 23.9 Å². The number of carbonyl (C=O) groups excluding carboxylic acids is 1. The van der Waals surface area contributed by atoms with Gasteiger partial charge in [-0.3, -0.25) is 4.79 Å². The summed E-state index contributed by atoms with van der Waals surface area (Å²) in [6.07, 6.45) is 5.67. The van der Waals surface area contributed by atoms with Crippen LogP contribution in [0.15, 0.2) is 48.5 Å². The number of amides is 1. The van der Waals surface area contributed by atoms with Crippen molar-refractivity contribution in [2.24, 2.45) is 0 Å². The second kappa shape index (κ2) is 10.7. The summed E-state index contributed by atoms with van der Waals surface area (Å²) >= 11 is 0. The maximum Gasteiger partial charge on any atom is 0.255 e. The zero-order valence-corrected chi connectivity index (χ0v) is 16.5. The van der Waals surface area contributed by atoms with Crippen LogP contribution in [0, 0.1) is 0 Å². The van der Waals surface area contributed by atoms with E-state index in [4.69, 9.17) is 14.2 Å². The van der Waals surface area contributed by atoms with Crippen molar-refractivity contribution in [2.45, 2.75) is 45.1 Å². The van der Waals surface area contributed by atoms with Gasteiger partial charge in [0.25, 0.3) is 5.91 Å². The van der Waals surface area contributed by atoms with Crippen LogP contribution in [0.2, 0.25) is 0 Å². The van der Waals surface area contributed by atoms with Crippen LogP contribution in [0.1, 0.15) is 49.4 Å².